The molecule has 0 radical (unpaired) electrons. The van der Waals surface area contributed by atoms with Crippen molar-refractivity contribution in [2.24, 2.45) is 5.92 Å². The molecule has 1 aliphatic heterocycles. The van der Waals surface area contributed by atoms with E-state index in [9.17, 15) is 9.59 Å². The smallest absolute Gasteiger partial charge is 0.294 e. The fraction of sp³-hybridized carbons (Fsp3) is 0.481. The molecule has 10 nitrogen and oxygen atoms in total. The van der Waals surface area contributed by atoms with Crippen LogP contribution in [0.4, 0.5) is 11.5 Å². The van der Waals surface area contributed by atoms with E-state index in [4.69, 9.17) is 25.5 Å². The summed E-state index contributed by atoms with van der Waals surface area (Å²) in [5.41, 5.74) is 0.912. The SMILES string of the molecule is COCCOc1ccc2oc(C(=O)Nc3ccc(Cl)cn3)c(NC(=O)C3CCC(N4CCCC4)CC3)c2n1. The molecule has 1 saturated carbocycles. The number of rotatable bonds is 9. The van der Waals surface area contributed by atoms with Crippen molar-refractivity contribution in [3.63, 3.8) is 0 Å². The van der Waals surface area contributed by atoms with Gasteiger partial charge >= 0.3 is 0 Å². The van der Waals surface area contributed by atoms with Crippen molar-refractivity contribution in [3.05, 3.63) is 41.2 Å². The number of anilines is 2. The Morgan fingerprint density at radius 3 is 2.58 bits per heavy atom. The van der Waals surface area contributed by atoms with E-state index in [1.807, 2.05) is 0 Å². The number of carbonyl (C=O) groups excluding carboxylic acids is 2. The lowest BCUT2D eigenvalue weighted by molar-refractivity contribution is -0.121. The van der Waals surface area contributed by atoms with E-state index in [2.05, 4.69) is 25.5 Å². The molecule has 0 atom stereocenters. The number of likely N-dealkylation sites (tertiary alicyclic amines) is 1. The minimum absolute atomic E-state index is 0.0580. The molecule has 0 unspecified atom stereocenters. The Bertz CT molecular complexity index is 1270. The summed E-state index contributed by atoms with van der Waals surface area (Å²) in [6.45, 7) is 3.02. The highest BCUT2D eigenvalue weighted by atomic mass is 35.5. The second kappa shape index (κ2) is 12.1. The molecule has 5 rings (SSSR count). The number of carbonyl (C=O) groups is 2. The molecule has 3 aromatic rings. The van der Waals surface area contributed by atoms with Gasteiger partial charge in [0.25, 0.3) is 5.91 Å². The van der Waals surface area contributed by atoms with Crippen LogP contribution in [0, 0.1) is 5.92 Å². The van der Waals surface area contributed by atoms with Crippen LogP contribution >= 0.6 is 11.6 Å². The zero-order valence-electron chi connectivity index (χ0n) is 21.4. The maximum atomic E-state index is 13.4. The molecule has 2 fully saturated rings. The normalized spacial score (nSPS) is 19.9. The van der Waals surface area contributed by atoms with Crippen molar-refractivity contribution < 1.29 is 23.5 Å². The van der Waals surface area contributed by atoms with Crippen molar-refractivity contribution in [1.29, 1.82) is 0 Å². The van der Waals surface area contributed by atoms with Gasteiger partial charge in [-0.15, -0.1) is 0 Å². The number of aromatic nitrogens is 2. The number of amides is 2. The van der Waals surface area contributed by atoms with Crippen molar-refractivity contribution in [3.8, 4) is 5.88 Å². The van der Waals surface area contributed by atoms with E-state index in [1.165, 1.54) is 19.0 Å². The molecule has 0 bridgehead atoms. The van der Waals surface area contributed by atoms with Gasteiger partial charge in [-0.3, -0.25) is 9.59 Å². The number of hydrogen-bond acceptors (Lipinski definition) is 8. The summed E-state index contributed by atoms with van der Waals surface area (Å²) in [6.07, 6.45) is 7.55. The third-order valence-electron chi connectivity index (χ3n) is 7.19. The van der Waals surface area contributed by atoms with Crippen LogP contribution in [0.5, 0.6) is 5.88 Å². The van der Waals surface area contributed by atoms with E-state index in [0.29, 0.717) is 47.1 Å². The minimum Gasteiger partial charge on any atom is -0.475 e. The Kier molecular flexibility index (Phi) is 8.41. The molecule has 0 aromatic carbocycles. The van der Waals surface area contributed by atoms with Gasteiger partial charge in [0, 0.05) is 31.3 Å². The number of nitrogens with zero attached hydrogens (tertiary/aromatic N) is 3. The third-order valence-corrected chi connectivity index (χ3v) is 7.42. The topological polar surface area (TPSA) is 119 Å². The average molecular weight is 542 g/mol. The molecule has 38 heavy (non-hydrogen) atoms. The Morgan fingerprint density at radius 2 is 1.87 bits per heavy atom. The third kappa shape index (κ3) is 6.09. The lowest BCUT2D eigenvalue weighted by Gasteiger charge is -2.33. The lowest BCUT2D eigenvalue weighted by Crippen LogP contribution is -2.38. The molecule has 11 heteroatoms. The van der Waals surface area contributed by atoms with E-state index < -0.39 is 5.91 Å². The highest BCUT2D eigenvalue weighted by Crippen LogP contribution is 2.35. The average Bonchev–Trinajstić information content (AvgIpc) is 3.59. The van der Waals surface area contributed by atoms with Crippen molar-refractivity contribution in [1.82, 2.24) is 14.9 Å². The summed E-state index contributed by atoms with van der Waals surface area (Å²) < 4.78 is 16.6. The van der Waals surface area contributed by atoms with Gasteiger partial charge in [0.15, 0.2) is 5.58 Å². The first kappa shape index (κ1) is 26.4. The lowest BCUT2D eigenvalue weighted by atomic mass is 9.85. The Balaban J connectivity index is 1.37. The summed E-state index contributed by atoms with van der Waals surface area (Å²) in [5, 5.41) is 6.11. The van der Waals surface area contributed by atoms with Crippen molar-refractivity contribution >= 4 is 46.0 Å². The van der Waals surface area contributed by atoms with Crippen LogP contribution in [0.25, 0.3) is 11.1 Å². The Morgan fingerprint density at radius 1 is 1.08 bits per heavy atom. The van der Waals surface area contributed by atoms with Gasteiger partial charge in [0.1, 0.15) is 23.6 Å². The minimum atomic E-state index is -0.562. The van der Waals surface area contributed by atoms with Crippen LogP contribution in [0.3, 0.4) is 0 Å². The number of hydrogen-bond donors (Lipinski definition) is 2. The van der Waals surface area contributed by atoms with Crippen LogP contribution in [0.1, 0.15) is 49.1 Å². The highest BCUT2D eigenvalue weighted by molar-refractivity contribution is 6.30. The van der Waals surface area contributed by atoms with Crippen LogP contribution < -0.4 is 15.4 Å². The van der Waals surface area contributed by atoms with Crippen LogP contribution in [0.2, 0.25) is 5.02 Å². The number of fused-ring (bicyclic) bond motifs is 1. The molecule has 4 heterocycles. The molecular formula is C27H32ClN5O5. The number of pyridine rings is 2. The molecule has 1 saturated heterocycles. The summed E-state index contributed by atoms with van der Waals surface area (Å²) in [4.78, 5) is 37.8. The second-order valence-electron chi connectivity index (χ2n) is 9.70. The summed E-state index contributed by atoms with van der Waals surface area (Å²) >= 11 is 5.91. The molecule has 202 valence electrons. The number of ether oxygens (including phenoxy) is 2. The molecule has 2 amide bonds. The fourth-order valence-electron chi connectivity index (χ4n) is 5.20. The maximum absolute atomic E-state index is 13.4. The molecule has 1 aliphatic carbocycles. The fourth-order valence-corrected chi connectivity index (χ4v) is 5.31. The first-order chi connectivity index (χ1) is 18.5. The van der Waals surface area contributed by atoms with Gasteiger partial charge < -0.3 is 29.4 Å². The number of furan rings is 1. The zero-order chi connectivity index (χ0) is 26.5. The number of methoxy groups -OCH3 is 1. The number of halogens is 1. The molecule has 2 aliphatic rings. The van der Waals surface area contributed by atoms with Gasteiger partial charge in [0.05, 0.1) is 11.6 Å². The predicted molar refractivity (Wildman–Crippen MR) is 144 cm³/mol. The largest absolute Gasteiger partial charge is 0.475 e. The van der Waals surface area contributed by atoms with Crippen LogP contribution in [-0.4, -0.2) is 66.1 Å². The quantitative estimate of drug-likeness (QED) is 0.373. The predicted octanol–water partition coefficient (Wildman–Crippen LogP) is 4.75. The monoisotopic (exact) mass is 541 g/mol. The van der Waals surface area contributed by atoms with Gasteiger partial charge in [-0.05, 0) is 69.8 Å². The molecule has 0 spiro atoms. The highest BCUT2D eigenvalue weighted by Gasteiger charge is 2.32. The second-order valence-corrected chi connectivity index (χ2v) is 10.1. The zero-order valence-corrected chi connectivity index (χ0v) is 22.1. The van der Waals surface area contributed by atoms with Crippen LogP contribution in [-0.2, 0) is 9.53 Å². The summed E-state index contributed by atoms with van der Waals surface area (Å²) in [5.74, 6) is -0.269. The Hall–Kier alpha value is -3.21. The standard InChI is InChI=1S/C27H32ClN5O5/c1-36-14-15-37-22-11-9-20-23(31-22)24(25(38-20)27(35)30-21-10-6-18(28)16-29-21)32-26(34)17-4-7-19(8-5-17)33-12-2-3-13-33/h6,9-11,16-17,19H,2-5,7-8,12-15H2,1H3,(H,32,34)(H,29,30,35). The molecule has 3 aromatic heterocycles. The van der Waals surface area contributed by atoms with Crippen molar-refractivity contribution in [2.75, 3.05) is 44.0 Å². The van der Waals surface area contributed by atoms with Gasteiger partial charge in [-0.2, -0.15) is 0 Å². The van der Waals surface area contributed by atoms with Gasteiger partial charge in [-0.25, -0.2) is 9.97 Å². The van der Waals surface area contributed by atoms with E-state index in [0.717, 1.165) is 38.8 Å². The maximum Gasteiger partial charge on any atom is 0.294 e. The van der Waals surface area contributed by atoms with E-state index in [1.54, 1.807) is 31.4 Å². The summed E-state index contributed by atoms with van der Waals surface area (Å²) in [6, 6.07) is 7.07. The Labute approximate surface area is 226 Å². The van der Waals surface area contributed by atoms with Gasteiger partial charge in [-0.1, -0.05) is 11.6 Å². The summed E-state index contributed by atoms with van der Waals surface area (Å²) in [7, 11) is 1.59. The van der Waals surface area contributed by atoms with E-state index >= 15 is 0 Å². The van der Waals surface area contributed by atoms with Crippen molar-refractivity contribution in [2.45, 2.75) is 44.6 Å². The first-order valence-electron chi connectivity index (χ1n) is 13.0. The van der Waals surface area contributed by atoms with Gasteiger partial charge in [0.2, 0.25) is 17.5 Å². The van der Waals surface area contributed by atoms with Crippen LogP contribution in [0.15, 0.2) is 34.9 Å². The number of nitrogens with one attached hydrogen (secondary N) is 2. The molecular weight excluding hydrogens is 510 g/mol. The first-order valence-corrected chi connectivity index (χ1v) is 13.4. The molecule has 2 N–H and O–H groups in total. The van der Waals surface area contributed by atoms with E-state index in [-0.39, 0.29) is 23.3 Å².